The van der Waals surface area contributed by atoms with Crippen LogP contribution in [0.2, 0.25) is 0 Å². The third-order valence-corrected chi connectivity index (χ3v) is 6.21. The first-order valence-corrected chi connectivity index (χ1v) is 10.3. The van der Waals surface area contributed by atoms with E-state index in [4.69, 9.17) is 21.4 Å². The van der Waals surface area contributed by atoms with Crippen molar-refractivity contribution in [2.24, 2.45) is 0 Å². The number of ether oxygens (including phenoxy) is 1. The number of rotatable bonds is 5. The van der Waals surface area contributed by atoms with Crippen LogP contribution in [0.4, 0.5) is 5.00 Å². The number of nitrogens with zero attached hydrogens (tertiary/aromatic N) is 2. The second-order valence-electron chi connectivity index (χ2n) is 6.46. The average Bonchev–Trinajstić information content (AvgIpc) is 3.28. The van der Waals surface area contributed by atoms with Crippen LogP contribution in [0, 0.1) is 6.92 Å². The highest BCUT2D eigenvalue weighted by Crippen LogP contribution is 2.34. The van der Waals surface area contributed by atoms with Gasteiger partial charge in [0.25, 0.3) is 0 Å². The standard InChI is InChI=1S/C19H25N3O3S2/c1-4-15-13(2)27-17(16(15)18(23)24-3)20-19(26)22-9-7-21(8-10-22)12-14-6-5-11-25-14/h5-6,11H,4,7-10,12H2,1-3H3,(H,20,26). The molecule has 2 aromatic heterocycles. The van der Waals surface area contributed by atoms with Gasteiger partial charge in [0.15, 0.2) is 5.11 Å². The van der Waals surface area contributed by atoms with E-state index in [1.807, 2.05) is 26.0 Å². The molecule has 8 heteroatoms. The molecule has 146 valence electrons. The maximum Gasteiger partial charge on any atom is 0.341 e. The van der Waals surface area contributed by atoms with Crippen LogP contribution in [0.5, 0.6) is 0 Å². The van der Waals surface area contributed by atoms with Crippen molar-refractivity contribution in [2.45, 2.75) is 26.8 Å². The number of carbonyl (C=O) groups is 1. The maximum atomic E-state index is 12.3. The minimum absolute atomic E-state index is 0.315. The summed E-state index contributed by atoms with van der Waals surface area (Å²) in [5.74, 6) is 0.665. The Morgan fingerprint density at radius 2 is 2.11 bits per heavy atom. The number of anilines is 1. The number of esters is 1. The number of nitrogens with one attached hydrogen (secondary N) is 1. The normalized spacial score (nSPS) is 15.0. The minimum atomic E-state index is -0.315. The lowest BCUT2D eigenvalue weighted by atomic mass is 10.1. The Bertz CT molecular complexity index is 793. The first kappa shape index (κ1) is 19.9. The van der Waals surface area contributed by atoms with Crippen LogP contribution < -0.4 is 5.32 Å². The molecule has 3 heterocycles. The summed E-state index contributed by atoms with van der Waals surface area (Å²) in [5, 5.41) is 4.72. The van der Waals surface area contributed by atoms with Crippen LogP contribution in [0.3, 0.4) is 0 Å². The molecule has 0 aliphatic carbocycles. The zero-order valence-corrected chi connectivity index (χ0v) is 17.5. The molecule has 0 saturated carbocycles. The van der Waals surface area contributed by atoms with Gasteiger partial charge < -0.3 is 19.4 Å². The summed E-state index contributed by atoms with van der Waals surface area (Å²) in [4.78, 5) is 17.9. The van der Waals surface area contributed by atoms with Crippen molar-refractivity contribution in [3.05, 3.63) is 40.2 Å². The van der Waals surface area contributed by atoms with Gasteiger partial charge in [-0.25, -0.2) is 4.79 Å². The van der Waals surface area contributed by atoms with Crippen LogP contribution >= 0.6 is 23.6 Å². The Morgan fingerprint density at radius 3 is 2.70 bits per heavy atom. The van der Waals surface area contributed by atoms with Crippen molar-refractivity contribution in [1.82, 2.24) is 9.80 Å². The van der Waals surface area contributed by atoms with Gasteiger partial charge in [0.2, 0.25) is 0 Å². The summed E-state index contributed by atoms with van der Waals surface area (Å²) in [6.07, 6.45) is 2.49. The van der Waals surface area contributed by atoms with Crippen molar-refractivity contribution in [1.29, 1.82) is 0 Å². The Hall–Kier alpha value is -1.90. The van der Waals surface area contributed by atoms with Gasteiger partial charge in [-0.1, -0.05) is 6.92 Å². The number of carbonyl (C=O) groups excluding carboxylic acids is 1. The van der Waals surface area contributed by atoms with Crippen molar-refractivity contribution < 1.29 is 13.9 Å². The number of piperazine rings is 1. The van der Waals surface area contributed by atoms with Crippen LogP contribution in [0.15, 0.2) is 22.8 Å². The third kappa shape index (κ3) is 4.51. The van der Waals surface area contributed by atoms with Crippen molar-refractivity contribution >= 4 is 39.6 Å². The first-order chi connectivity index (χ1) is 13.0. The second-order valence-corrected chi connectivity index (χ2v) is 8.07. The highest BCUT2D eigenvalue weighted by atomic mass is 32.1. The molecule has 1 N–H and O–H groups in total. The molecule has 1 aliphatic heterocycles. The lowest BCUT2D eigenvalue weighted by Gasteiger charge is -2.35. The van der Waals surface area contributed by atoms with E-state index in [-0.39, 0.29) is 5.97 Å². The van der Waals surface area contributed by atoms with Crippen molar-refractivity contribution in [3.63, 3.8) is 0 Å². The summed E-state index contributed by atoms with van der Waals surface area (Å²) >= 11 is 7.17. The van der Waals surface area contributed by atoms with Crippen LogP contribution in [-0.2, 0) is 17.7 Å². The summed E-state index contributed by atoms with van der Waals surface area (Å²) in [5.41, 5.74) is 1.64. The zero-order chi connectivity index (χ0) is 19.4. The number of thiocarbonyl (C=S) groups is 1. The Balaban J connectivity index is 1.62. The number of aryl methyl sites for hydroxylation is 1. The van der Waals surface area contributed by atoms with Gasteiger partial charge in [0.1, 0.15) is 10.8 Å². The molecule has 0 spiro atoms. The Kier molecular flexibility index (Phi) is 6.51. The number of thiophene rings is 1. The topological polar surface area (TPSA) is 58.0 Å². The maximum absolute atomic E-state index is 12.3. The number of hydrogen-bond donors (Lipinski definition) is 1. The summed E-state index contributed by atoms with van der Waals surface area (Å²) in [7, 11) is 1.41. The molecule has 27 heavy (non-hydrogen) atoms. The van der Waals surface area contributed by atoms with Gasteiger partial charge in [-0.15, -0.1) is 11.3 Å². The molecule has 0 unspecified atom stereocenters. The van der Waals surface area contributed by atoms with Gasteiger partial charge >= 0.3 is 5.97 Å². The Labute approximate surface area is 169 Å². The zero-order valence-electron chi connectivity index (χ0n) is 15.9. The van der Waals surface area contributed by atoms with Crippen molar-refractivity contribution in [3.8, 4) is 0 Å². The minimum Gasteiger partial charge on any atom is -0.468 e. The number of methoxy groups -OCH3 is 1. The third-order valence-electron chi connectivity index (χ3n) is 4.79. The highest BCUT2D eigenvalue weighted by molar-refractivity contribution is 7.80. The quantitative estimate of drug-likeness (QED) is 0.601. The summed E-state index contributed by atoms with van der Waals surface area (Å²) in [6.45, 7) is 8.39. The van der Waals surface area contributed by atoms with Gasteiger partial charge in [-0.05, 0) is 43.3 Å². The van der Waals surface area contributed by atoms with E-state index >= 15 is 0 Å². The predicted octanol–water partition coefficient (Wildman–Crippen LogP) is 3.51. The fourth-order valence-electron chi connectivity index (χ4n) is 3.32. The summed E-state index contributed by atoms with van der Waals surface area (Å²) in [6, 6.07) is 3.91. The molecular formula is C19H25N3O3S2. The van der Waals surface area contributed by atoms with E-state index in [1.165, 1.54) is 7.11 Å². The van der Waals surface area contributed by atoms with Gasteiger partial charge in [0, 0.05) is 31.1 Å². The molecular weight excluding hydrogens is 382 g/mol. The highest BCUT2D eigenvalue weighted by Gasteiger charge is 2.25. The molecule has 6 nitrogen and oxygen atoms in total. The molecule has 1 aliphatic rings. The molecule has 3 rings (SSSR count). The van der Waals surface area contributed by atoms with Gasteiger partial charge in [-0.3, -0.25) is 4.90 Å². The molecule has 1 fully saturated rings. The predicted molar refractivity (Wildman–Crippen MR) is 112 cm³/mol. The first-order valence-electron chi connectivity index (χ1n) is 9.04. The van der Waals surface area contributed by atoms with E-state index in [0.717, 1.165) is 60.3 Å². The SMILES string of the molecule is CCc1c(C)sc(NC(=S)N2CCN(Cc3ccco3)CC2)c1C(=O)OC. The lowest BCUT2D eigenvalue weighted by molar-refractivity contribution is 0.0601. The molecule has 0 bridgehead atoms. The van der Waals surface area contributed by atoms with E-state index in [9.17, 15) is 4.79 Å². The van der Waals surface area contributed by atoms with Gasteiger partial charge in [0.05, 0.1) is 25.5 Å². The fourth-order valence-corrected chi connectivity index (χ4v) is 4.80. The van der Waals surface area contributed by atoms with E-state index in [0.29, 0.717) is 10.7 Å². The van der Waals surface area contributed by atoms with Crippen molar-refractivity contribution in [2.75, 3.05) is 38.6 Å². The molecule has 2 aromatic rings. The number of furan rings is 1. The second kappa shape index (κ2) is 8.86. The van der Waals surface area contributed by atoms with E-state index < -0.39 is 0 Å². The molecule has 0 aromatic carbocycles. The van der Waals surface area contributed by atoms with E-state index in [1.54, 1.807) is 17.6 Å². The molecule has 0 radical (unpaired) electrons. The van der Waals surface area contributed by atoms with Crippen LogP contribution in [0.25, 0.3) is 0 Å². The number of hydrogen-bond acceptors (Lipinski definition) is 6. The average molecular weight is 408 g/mol. The monoisotopic (exact) mass is 407 g/mol. The van der Waals surface area contributed by atoms with Gasteiger partial charge in [-0.2, -0.15) is 0 Å². The summed E-state index contributed by atoms with van der Waals surface area (Å²) < 4.78 is 10.4. The van der Waals surface area contributed by atoms with E-state index in [2.05, 4.69) is 15.1 Å². The fraction of sp³-hybridized carbons (Fsp3) is 0.474. The lowest BCUT2D eigenvalue weighted by Crippen LogP contribution is -2.49. The van der Waals surface area contributed by atoms with Crippen LogP contribution in [-0.4, -0.2) is 54.2 Å². The largest absolute Gasteiger partial charge is 0.468 e. The molecule has 0 atom stereocenters. The Morgan fingerprint density at radius 1 is 1.37 bits per heavy atom. The molecule has 0 amide bonds. The van der Waals surface area contributed by atoms with Crippen LogP contribution in [0.1, 0.15) is 33.5 Å². The molecule has 1 saturated heterocycles. The smallest absolute Gasteiger partial charge is 0.341 e.